The fraction of sp³-hybridized carbons (Fsp3) is 0.222. The molecule has 0 aromatic heterocycles. The molecule has 0 bridgehead atoms. The summed E-state index contributed by atoms with van der Waals surface area (Å²) in [6.45, 7) is 1.77. The first kappa shape index (κ1) is 17.5. The van der Waals surface area contributed by atoms with Gasteiger partial charge in [-0.1, -0.05) is 30.3 Å². The third-order valence-corrected chi connectivity index (χ3v) is 3.27. The Hall–Kier alpha value is -2.86. The van der Waals surface area contributed by atoms with Gasteiger partial charge >= 0.3 is 5.97 Å². The molecule has 2 aromatic carbocycles. The number of esters is 1. The third kappa shape index (κ3) is 4.82. The first-order valence-electron chi connectivity index (χ1n) is 7.62. The number of carbonyl (C=O) groups is 2. The van der Waals surface area contributed by atoms with Gasteiger partial charge in [-0.15, -0.1) is 0 Å². The summed E-state index contributed by atoms with van der Waals surface area (Å²) in [4.78, 5) is 24.4. The van der Waals surface area contributed by atoms with Crippen LogP contribution in [0, 0.1) is 0 Å². The molecule has 1 amide bonds. The van der Waals surface area contributed by atoms with Gasteiger partial charge in [-0.3, -0.25) is 4.79 Å². The summed E-state index contributed by atoms with van der Waals surface area (Å²) >= 11 is 0. The predicted octanol–water partition coefficient (Wildman–Crippen LogP) is 2.27. The summed E-state index contributed by atoms with van der Waals surface area (Å²) in [5.74, 6) is -1.01. The maximum Gasteiger partial charge on any atom is 0.341 e. The topological polar surface area (TPSA) is 87.7 Å². The molecule has 1 atom stereocenters. The van der Waals surface area contributed by atoms with Gasteiger partial charge in [0.15, 0.2) is 6.10 Å². The second-order valence-electron chi connectivity index (χ2n) is 5.10. The minimum Gasteiger partial charge on any atom is -0.449 e. The summed E-state index contributed by atoms with van der Waals surface area (Å²) in [7, 11) is 0. The first-order chi connectivity index (χ1) is 11.6. The lowest BCUT2D eigenvalue weighted by Crippen LogP contribution is -2.30. The Bertz CT molecular complexity index is 688. The van der Waals surface area contributed by atoms with E-state index in [4.69, 9.17) is 9.84 Å². The molecule has 6 heteroatoms. The van der Waals surface area contributed by atoms with Crippen molar-refractivity contribution in [3.05, 3.63) is 60.2 Å². The molecular weight excluding hydrogens is 308 g/mol. The minimum atomic E-state index is -0.941. The smallest absolute Gasteiger partial charge is 0.341 e. The molecule has 0 unspecified atom stereocenters. The standard InChI is InChI=1S/C18H20N2O4/c1-13(17(22)20-14-7-3-2-4-8-14)24-18(23)15-9-5-6-10-16(15)19-11-12-21/h2-10,13,19,21H,11-12H2,1H3,(H,20,22)/t13-/m1/s1. The van der Waals surface area contributed by atoms with Gasteiger partial charge in [0.2, 0.25) is 0 Å². The van der Waals surface area contributed by atoms with E-state index in [9.17, 15) is 9.59 Å². The molecule has 0 aliphatic carbocycles. The molecule has 0 aliphatic rings. The second-order valence-corrected chi connectivity index (χ2v) is 5.10. The zero-order valence-electron chi connectivity index (χ0n) is 13.4. The summed E-state index contributed by atoms with van der Waals surface area (Å²) in [5.41, 5.74) is 1.49. The first-order valence-corrected chi connectivity index (χ1v) is 7.62. The summed E-state index contributed by atoms with van der Waals surface area (Å²) < 4.78 is 5.24. The van der Waals surface area contributed by atoms with Crippen LogP contribution in [0.4, 0.5) is 11.4 Å². The molecule has 2 aromatic rings. The number of rotatable bonds is 7. The monoisotopic (exact) mass is 328 g/mol. The van der Waals surface area contributed by atoms with Crippen molar-refractivity contribution in [2.75, 3.05) is 23.8 Å². The van der Waals surface area contributed by atoms with Gasteiger partial charge in [0, 0.05) is 17.9 Å². The zero-order chi connectivity index (χ0) is 17.4. The Morgan fingerprint density at radius 3 is 2.46 bits per heavy atom. The van der Waals surface area contributed by atoms with Crippen molar-refractivity contribution in [3.8, 4) is 0 Å². The molecule has 0 radical (unpaired) electrons. The van der Waals surface area contributed by atoms with E-state index in [1.807, 2.05) is 6.07 Å². The molecule has 24 heavy (non-hydrogen) atoms. The van der Waals surface area contributed by atoms with E-state index < -0.39 is 18.0 Å². The Kier molecular flexibility index (Phi) is 6.33. The lowest BCUT2D eigenvalue weighted by Gasteiger charge is -2.15. The maximum atomic E-state index is 12.3. The van der Waals surface area contributed by atoms with E-state index in [0.29, 0.717) is 23.5 Å². The molecule has 0 saturated carbocycles. The van der Waals surface area contributed by atoms with Gasteiger partial charge in [0.1, 0.15) is 0 Å². The molecule has 3 N–H and O–H groups in total. The number of aliphatic hydroxyl groups excluding tert-OH is 1. The lowest BCUT2D eigenvalue weighted by molar-refractivity contribution is -0.123. The van der Waals surface area contributed by atoms with Gasteiger partial charge in [0.25, 0.3) is 5.91 Å². The van der Waals surface area contributed by atoms with Crippen LogP contribution in [0.25, 0.3) is 0 Å². The van der Waals surface area contributed by atoms with E-state index in [-0.39, 0.29) is 6.61 Å². The van der Waals surface area contributed by atoms with Crippen LogP contribution >= 0.6 is 0 Å². The van der Waals surface area contributed by atoms with Crippen LogP contribution in [-0.4, -0.2) is 36.2 Å². The van der Waals surface area contributed by atoms with Crippen molar-refractivity contribution in [2.45, 2.75) is 13.0 Å². The minimum absolute atomic E-state index is 0.0563. The van der Waals surface area contributed by atoms with Crippen LogP contribution in [0.2, 0.25) is 0 Å². The van der Waals surface area contributed by atoms with E-state index >= 15 is 0 Å². The third-order valence-electron chi connectivity index (χ3n) is 3.27. The zero-order valence-corrected chi connectivity index (χ0v) is 13.4. The highest BCUT2D eigenvalue weighted by Crippen LogP contribution is 2.17. The molecule has 0 heterocycles. The SMILES string of the molecule is C[C@@H](OC(=O)c1ccccc1NCCO)C(=O)Nc1ccccc1. The number of aliphatic hydroxyl groups is 1. The summed E-state index contributed by atoms with van der Waals surface area (Å²) in [6.07, 6.45) is -0.941. The van der Waals surface area contributed by atoms with Gasteiger partial charge in [-0.25, -0.2) is 4.79 Å². The fourth-order valence-electron chi connectivity index (χ4n) is 2.05. The molecule has 0 spiro atoms. The molecular formula is C18H20N2O4. The Morgan fingerprint density at radius 2 is 1.75 bits per heavy atom. The van der Waals surface area contributed by atoms with Crippen molar-refractivity contribution < 1.29 is 19.4 Å². The lowest BCUT2D eigenvalue weighted by atomic mass is 10.1. The quantitative estimate of drug-likeness (QED) is 0.679. The number of anilines is 2. The number of para-hydroxylation sites is 2. The van der Waals surface area contributed by atoms with Crippen LogP contribution < -0.4 is 10.6 Å². The van der Waals surface area contributed by atoms with Crippen LogP contribution in [0.3, 0.4) is 0 Å². The highest BCUT2D eigenvalue weighted by Gasteiger charge is 2.20. The van der Waals surface area contributed by atoms with E-state index in [1.54, 1.807) is 48.5 Å². The van der Waals surface area contributed by atoms with E-state index in [2.05, 4.69) is 10.6 Å². The summed E-state index contributed by atoms with van der Waals surface area (Å²) in [6, 6.07) is 15.7. The number of hydrogen-bond acceptors (Lipinski definition) is 5. The van der Waals surface area contributed by atoms with Crippen molar-refractivity contribution in [3.63, 3.8) is 0 Å². The van der Waals surface area contributed by atoms with Crippen molar-refractivity contribution in [1.29, 1.82) is 0 Å². The van der Waals surface area contributed by atoms with Crippen molar-refractivity contribution in [1.82, 2.24) is 0 Å². The number of amides is 1. The van der Waals surface area contributed by atoms with E-state index in [0.717, 1.165) is 0 Å². The van der Waals surface area contributed by atoms with Crippen LogP contribution in [0.1, 0.15) is 17.3 Å². The molecule has 126 valence electrons. The van der Waals surface area contributed by atoms with E-state index in [1.165, 1.54) is 6.92 Å². The van der Waals surface area contributed by atoms with Crippen LogP contribution in [-0.2, 0) is 9.53 Å². The number of nitrogens with one attached hydrogen (secondary N) is 2. The Labute approximate surface area is 140 Å². The number of ether oxygens (including phenoxy) is 1. The van der Waals surface area contributed by atoms with Gasteiger partial charge < -0.3 is 20.5 Å². The summed E-state index contributed by atoms with van der Waals surface area (Å²) in [5, 5.41) is 14.5. The second kappa shape index (κ2) is 8.69. The maximum absolute atomic E-state index is 12.3. The fourth-order valence-corrected chi connectivity index (χ4v) is 2.05. The van der Waals surface area contributed by atoms with Crippen LogP contribution in [0.15, 0.2) is 54.6 Å². The number of benzene rings is 2. The van der Waals surface area contributed by atoms with Crippen LogP contribution in [0.5, 0.6) is 0 Å². The Balaban J connectivity index is 1.99. The van der Waals surface area contributed by atoms with Gasteiger partial charge in [-0.05, 0) is 31.2 Å². The predicted molar refractivity (Wildman–Crippen MR) is 92.0 cm³/mol. The average Bonchev–Trinajstić information content (AvgIpc) is 2.61. The highest BCUT2D eigenvalue weighted by molar-refractivity contribution is 5.99. The molecule has 0 saturated heterocycles. The molecule has 0 fully saturated rings. The highest BCUT2D eigenvalue weighted by atomic mass is 16.5. The average molecular weight is 328 g/mol. The van der Waals surface area contributed by atoms with Crippen molar-refractivity contribution >= 4 is 23.3 Å². The largest absolute Gasteiger partial charge is 0.449 e. The number of carbonyl (C=O) groups excluding carboxylic acids is 2. The molecule has 0 aliphatic heterocycles. The van der Waals surface area contributed by atoms with Gasteiger partial charge in [0.05, 0.1) is 12.2 Å². The normalized spacial score (nSPS) is 11.4. The van der Waals surface area contributed by atoms with Gasteiger partial charge in [-0.2, -0.15) is 0 Å². The molecule has 2 rings (SSSR count). The Morgan fingerprint density at radius 1 is 1.08 bits per heavy atom. The molecule has 6 nitrogen and oxygen atoms in total. The number of hydrogen-bond donors (Lipinski definition) is 3. The van der Waals surface area contributed by atoms with Crippen molar-refractivity contribution in [2.24, 2.45) is 0 Å².